The van der Waals surface area contributed by atoms with E-state index >= 15 is 0 Å². The summed E-state index contributed by atoms with van der Waals surface area (Å²) in [5.41, 5.74) is 0.876. The zero-order valence-electron chi connectivity index (χ0n) is 14.4. The summed E-state index contributed by atoms with van der Waals surface area (Å²) < 4.78 is 0.693. The quantitative estimate of drug-likeness (QED) is 0.510. The standard InChI is InChI=1S/C19H16Cl2N2O2S2/c1-2-23(11-13-6-8-17(21)27-13)19(25)12-5-7-14(20)15(10-12)22-18(24)16-4-3-9-26-16/h3-10H,2,11H2,1H3,(H,22,24). The van der Waals surface area contributed by atoms with Crippen molar-refractivity contribution in [3.05, 3.63) is 72.5 Å². The fraction of sp³-hybridized carbons (Fsp3) is 0.158. The third-order valence-corrected chi connectivity index (χ3v) is 6.27. The Hall–Kier alpha value is -1.86. The van der Waals surface area contributed by atoms with E-state index in [-0.39, 0.29) is 11.8 Å². The molecule has 1 aromatic carbocycles. The number of nitrogens with one attached hydrogen (secondary N) is 1. The van der Waals surface area contributed by atoms with Crippen molar-refractivity contribution < 1.29 is 9.59 Å². The molecule has 0 saturated heterocycles. The number of hydrogen-bond acceptors (Lipinski definition) is 4. The number of amides is 2. The van der Waals surface area contributed by atoms with Gasteiger partial charge in [-0.15, -0.1) is 22.7 Å². The Morgan fingerprint density at radius 3 is 2.59 bits per heavy atom. The van der Waals surface area contributed by atoms with Gasteiger partial charge in [-0.1, -0.05) is 29.3 Å². The van der Waals surface area contributed by atoms with Crippen LogP contribution < -0.4 is 5.32 Å². The van der Waals surface area contributed by atoms with Crippen LogP contribution in [0.5, 0.6) is 0 Å². The van der Waals surface area contributed by atoms with Gasteiger partial charge in [-0.3, -0.25) is 9.59 Å². The van der Waals surface area contributed by atoms with E-state index in [9.17, 15) is 9.59 Å². The van der Waals surface area contributed by atoms with E-state index in [4.69, 9.17) is 23.2 Å². The van der Waals surface area contributed by atoms with Crippen LogP contribution in [0.2, 0.25) is 9.36 Å². The van der Waals surface area contributed by atoms with Gasteiger partial charge < -0.3 is 10.2 Å². The zero-order valence-corrected chi connectivity index (χ0v) is 17.5. The lowest BCUT2D eigenvalue weighted by molar-refractivity contribution is 0.0754. The average molecular weight is 439 g/mol. The van der Waals surface area contributed by atoms with Gasteiger partial charge in [-0.2, -0.15) is 0 Å². The molecule has 0 saturated carbocycles. The number of carbonyl (C=O) groups is 2. The summed E-state index contributed by atoms with van der Waals surface area (Å²) in [6.45, 7) is 2.95. The molecule has 0 radical (unpaired) electrons. The summed E-state index contributed by atoms with van der Waals surface area (Å²) in [7, 11) is 0. The Kier molecular flexibility index (Phi) is 6.55. The first-order chi connectivity index (χ1) is 13.0. The lowest BCUT2D eigenvalue weighted by atomic mass is 10.1. The number of rotatable bonds is 6. The molecule has 2 heterocycles. The van der Waals surface area contributed by atoms with E-state index in [1.807, 2.05) is 24.4 Å². The molecule has 0 aliphatic carbocycles. The molecule has 1 N–H and O–H groups in total. The first-order valence-electron chi connectivity index (χ1n) is 8.16. The monoisotopic (exact) mass is 438 g/mol. The lowest BCUT2D eigenvalue weighted by Gasteiger charge is -2.21. The fourth-order valence-corrected chi connectivity index (χ4v) is 4.37. The minimum Gasteiger partial charge on any atom is -0.334 e. The van der Waals surface area contributed by atoms with E-state index < -0.39 is 0 Å². The van der Waals surface area contributed by atoms with Gasteiger partial charge >= 0.3 is 0 Å². The molecule has 0 aliphatic rings. The zero-order chi connectivity index (χ0) is 19.4. The van der Waals surface area contributed by atoms with Gasteiger partial charge in [0, 0.05) is 17.0 Å². The van der Waals surface area contributed by atoms with Crippen LogP contribution in [-0.2, 0) is 6.54 Å². The van der Waals surface area contributed by atoms with E-state index in [1.54, 1.807) is 35.2 Å². The molecule has 27 heavy (non-hydrogen) atoms. The number of benzene rings is 1. The van der Waals surface area contributed by atoms with Crippen molar-refractivity contribution in [3.8, 4) is 0 Å². The van der Waals surface area contributed by atoms with Crippen LogP contribution >= 0.6 is 45.9 Å². The van der Waals surface area contributed by atoms with Crippen LogP contribution in [0.4, 0.5) is 5.69 Å². The summed E-state index contributed by atoms with van der Waals surface area (Å²) in [4.78, 5) is 28.5. The van der Waals surface area contributed by atoms with Gasteiger partial charge in [-0.05, 0) is 48.7 Å². The molecular weight excluding hydrogens is 423 g/mol. The van der Waals surface area contributed by atoms with Crippen molar-refractivity contribution in [2.24, 2.45) is 0 Å². The summed E-state index contributed by atoms with van der Waals surface area (Å²) >= 11 is 15.0. The molecule has 140 valence electrons. The predicted octanol–water partition coefficient (Wildman–Crippen LogP) is 6.03. The molecule has 0 aliphatic heterocycles. The molecule has 8 heteroatoms. The van der Waals surface area contributed by atoms with E-state index in [1.165, 1.54) is 22.7 Å². The molecule has 3 aromatic rings. The molecule has 2 amide bonds. The Bertz CT molecular complexity index is 955. The predicted molar refractivity (Wildman–Crippen MR) is 113 cm³/mol. The Balaban J connectivity index is 1.78. The summed E-state index contributed by atoms with van der Waals surface area (Å²) in [5, 5.41) is 4.98. The first kappa shape index (κ1) is 19.9. The highest BCUT2D eigenvalue weighted by atomic mass is 35.5. The molecule has 0 bridgehead atoms. The highest BCUT2D eigenvalue weighted by Crippen LogP contribution is 2.26. The highest BCUT2D eigenvalue weighted by Gasteiger charge is 2.18. The number of anilines is 1. The van der Waals surface area contributed by atoms with Gasteiger partial charge in [0.2, 0.25) is 0 Å². The van der Waals surface area contributed by atoms with Crippen LogP contribution in [0.15, 0.2) is 47.8 Å². The molecule has 0 spiro atoms. The third-order valence-electron chi connectivity index (χ3n) is 3.85. The van der Waals surface area contributed by atoms with Gasteiger partial charge in [0.15, 0.2) is 0 Å². The minimum absolute atomic E-state index is 0.134. The Morgan fingerprint density at radius 1 is 1.15 bits per heavy atom. The molecule has 0 fully saturated rings. The van der Waals surface area contributed by atoms with Gasteiger partial charge in [-0.25, -0.2) is 0 Å². The van der Waals surface area contributed by atoms with E-state index in [0.717, 1.165) is 4.88 Å². The van der Waals surface area contributed by atoms with Crippen LogP contribution in [0, 0.1) is 0 Å². The van der Waals surface area contributed by atoms with Gasteiger partial charge in [0.05, 0.1) is 26.5 Å². The van der Waals surface area contributed by atoms with Crippen LogP contribution in [0.25, 0.3) is 0 Å². The molecule has 0 unspecified atom stereocenters. The second-order valence-corrected chi connectivity index (χ2v) is 8.81. The summed E-state index contributed by atoms with van der Waals surface area (Å²) in [6, 6.07) is 12.2. The smallest absolute Gasteiger partial charge is 0.265 e. The van der Waals surface area contributed by atoms with Crippen LogP contribution in [0.3, 0.4) is 0 Å². The van der Waals surface area contributed by atoms with Crippen molar-refractivity contribution in [2.75, 3.05) is 11.9 Å². The van der Waals surface area contributed by atoms with Crippen molar-refractivity contribution in [1.29, 1.82) is 0 Å². The number of carbonyl (C=O) groups excluding carboxylic acids is 2. The largest absolute Gasteiger partial charge is 0.334 e. The molecular formula is C19H16Cl2N2O2S2. The Labute approximate surface area is 175 Å². The normalized spacial score (nSPS) is 10.6. The lowest BCUT2D eigenvalue weighted by Crippen LogP contribution is -2.30. The number of halogens is 2. The maximum Gasteiger partial charge on any atom is 0.265 e. The van der Waals surface area contributed by atoms with Gasteiger partial charge in [0.25, 0.3) is 11.8 Å². The molecule has 2 aromatic heterocycles. The van der Waals surface area contributed by atoms with Crippen LogP contribution in [-0.4, -0.2) is 23.3 Å². The van der Waals surface area contributed by atoms with Gasteiger partial charge in [0.1, 0.15) is 0 Å². The second-order valence-electron chi connectivity index (χ2n) is 5.65. The summed E-state index contributed by atoms with van der Waals surface area (Å²) in [5.74, 6) is -0.387. The second kappa shape index (κ2) is 8.89. The SMILES string of the molecule is CCN(Cc1ccc(Cl)s1)C(=O)c1ccc(Cl)c(NC(=O)c2cccs2)c1. The highest BCUT2D eigenvalue weighted by molar-refractivity contribution is 7.16. The van der Waals surface area contributed by atoms with E-state index in [0.29, 0.717) is 38.6 Å². The van der Waals surface area contributed by atoms with Crippen molar-refractivity contribution in [3.63, 3.8) is 0 Å². The maximum absolute atomic E-state index is 12.9. The number of thiophene rings is 2. The van der Waals surface area contributed by atoms with E-state index in [2.05, 4.69) is 5.32 Å². The fourth-order valence-electron chi connectivity index (χ4n) is 2.48. The Morgan fingerprint density at radius 2 is 1.96 bits per heavy atom. The first-order valence-corrected chi connectivity index (χ1v) is 10.6. The van der Waals surface area contributed by atoms with Crippen LogP contribution in [0.1, 0.15) is 31.8 Å². The number of nitrogens with zero attached hydrogens (tertiary/aromatic N) is 1. The molecule has 4 nitrogen and oxygen atoms in total. The maximum atomic E-state index is 12.9. The van der Waals surface area contributed by atoms with Crippen molar-refractivity contribution in [1.82, 2.24) is 4.90 Å². The molecule has 0 atom stereocenters. The average Bonchev–Trinajstić information content (AvgIpc) is 3.32. The summed E-state index contributed by atoms with van der Waals surface area (Å²) in [6.07, 6.45) is 0. The topological polar surface area (TPSA) is 49.4 Å². The minimum atomic E-state index is -0.253. The van der Waals surface area contributed by atoms with Crippen molar-refractivity contribution >= 4 is 63.4 Å². The third kappa shape index (κ3) is 4.90. The van der Waals surface area contributed by atoms with Crippen molar-refractivity contribution in [2.45, 2.75) is 13.5 Å². The molecule has 3 rings (SSSR count). The number of hydrogen-bond donors (Lipinski definition) is 1.